The first-order valence-corrected chi connectivity index (χ1v) is 6.80. The molecule has 2 rings (SSSR count). The normalized spacial score (nSPS) is 12.6. The maximum atomic E-state index is 6.00. The van der Waals surface area contributed by atoms with E-state index in [2.05, 4.69) is 36.3 Å². The Bertz CT molecular complexity index is 496. The lowest BCUT2D eigenvalue weighted by Crippen LogP contribution is -2.21. The quantitative estimate of drug-likeness (QED) is 0.910. The van der Waals surface area contributed by atoms with Crippen molar-refractivity contribution < 1.29 is 0 Å². The zero-order valence-corrected chi connectivity index (χ0v) is 11.5. The number of rotatable bonds is 4. The second kappa shape index (κ2) is 5.63. The first-order valence-electron chi connectivity index (χ1n) is 5.61. The van der Waals surface area contributed by atoms with Crippen LogP contribution in [0.15, 0.2) is 30.6 Å². The van der Waals surface area contributed by atoms with Crippen LogP contribution in [0.4, 0.5) is 0 Å². The summed E-state index contributed by atoms with van der Waals surface area (Å²) in [6.45, 7) is 5.07. The lowest BCUT2D eigenvalue weighted by atomic mass is 10.1. The molecule has 2 aromatic heterocycles. The summed E-state index contributed by atoms with van der Waals surface area (Å²) in [6, 6.07) is 6.36. The average molecular weight is 267 g/mol. The average Bonchev–Trinajstić information content (AvgIpc) is 2.72. The van der Waals surface area contributed by atoms with E-state index in [4.69, 9.17) is 11.6 Å². The van der Waals surface area contributed by atoms with Crippen molar-refractivity contribution in [3.63, 3.8) is 0 Å². The largest absolute Gasteiger partial charge is 0.306 e. The van der Waals surface area contributed by atoms with Crippen LogP contribution in [-0.4, -0.2) is 11.5 Å². The minimum Gasteiger partial charge on any atom is -0.306 e. The Hall–Kier alpha value is -0.900. The van der Waals surface area contributed by atoms with Crippen LogP contribution in [0.5, 0.6) is 0 Å². The smallest absolute Gasteiger partial charge is 0.0931 e. The fourth-order valence-electron chi connectivity index (χ4n) is 1.81. The van der Waals surface area contributed by atoms with Gasteiger partial charge in [0.05, 0.1) is 10.4 Å². The Kier molecular flexibility index (Phi) is 4.15. The van der Waals surface area contributed by atoms with E-state index in [1.165, 1.54) is 16.0 Å². The van der Waals surface area contributed by atoms with Crippen molar-refractivity contribution in [2.45, 2.75) is 19.9 Å². The highest BCUT2D eigenvalue weighted by Gasteiger charge is 2.15. The zero-order valence-electron chi connectivity index (χ0n) is 9.90. The highest BCUT2D eigenvalue weighted by molar-refractivity contribution is 7.16. The van der Waals surface area contributed by atoms with Crippen molar-refractivity contribution in [2.24, 2.45) is 0 Å². The van der Waals surface area contributed by atoms with Gasteiger partial charge in [-0.15, -0.1) is 11.3 Å². The van der Waals surface area contributed by atoms with Crippen molar-refractivity contribution in [1.29, 1.82) is 0 Å². The predicted molar refractivity (Wildman–Crippen MR) is 73.8 cm³/mol. The van der Waals surface area contributed by atoms with Crippen molar-refractivity contribution in [3.8, 4) is 0 Å². The number of nitrogens with one attached hydrogen (secondary N) is 1. The second-order valence-corrected chi connectivity index (χ2v) is 5.67. The van der Waals surface area contributed by atoms with Gasteiger partial charge in [-0.1, -0.05) is 24.6 Å². The van der Waals surface area contributed by atoms with Gasteiger partial charge in [0.25, 0.3) is 0 Å². The molecular formula is C13H15ClN2S. The molecule has 0 radical (unpaired) electrons. The molecule has 1 unspecified atom stereocenters. The van der Waals surface area contributed by atoms with Gasteiger partial charge in [0.2, 0.25) is 0 Å². The number of halogens is 1. The van der Waals surface area contributed by atoms with Gasteiger partial charge in [-0.2, -0.15) is 0 Å². The molecule has 0 saturated heterocycles. The summed E-state index contributed by atoms with van der Waals surface area (Å²) in [4.78, 5) is 5.48. The molecule has 2 aromatic rings. The van der Waals surface area contributed by atoms with E-state index in [9.17, 15) is 0 Å². The molecule has 0 aromatic carbocycles. The van der Waals surface area contributed by atoms with Crippen molar-refractivity contribution in [2.75, 3.05) is 6.54 Å². The SMILES string of the molecule is CCNC(c1cncc(C)c1)c1ccc(Cl)s1. The Labute approximate surface area is 111 Å². The molecular weight excluding hydrogens is 252 g/mol. The third-order valence-corrected chi connectivity index (χ3v) is 3.81. The molecule has 17 heavy (non-hydrogen) atoms. The van der Waals surface area contributed by atoms with Gasteiger partial charge < -0.3 is 5.32 Å². The maximum Gasteiger partial charge on any atom is 0.0931 e. The van der Waals surface area contributed by atoms with E-state index in [-0.39, 0.29) is 6.04 Å². The van der Waals surface area contributed by atoms with E-state index in [1.807, 2.05) is 18.5 Å². The van der Waals surface area contributed by atoms with Crippen molar-refractivity contribution >= 4 is 22.9 Å². The lowest BCUT2D eigenvalue weighted by Gasteiger charge is -2.16. The van der Waals surface area contributed by atoms with Crippen LogP contribution in [-0.2, 0) is 0 Å². The van der Waals surface area contributed by atoms with Crippen LogP contribution in [0, 0.1) is 6.92 Å². The van der Waals surface area contributed by atoms with Crippen LogP contribution in [0.1, 0.15) is 29.0 Å². The summed E-state index contributed by atoms with van der Waals surface area (Å²) in [5.74, 6) is 0. The highest BCUT2D eigenvalue weighted by atomic mass is 35.5. The molecule has 2 heterocycles. The third-order valence-electron chi connectivity index (χ3n) is 2.52. The molecule has 0 amide bonds. The number of hydrogen-bond donors (Lipinski definition) is 1. The molecule has 2 nitrogen and oxygen atoms in total. The van der Waals surface area contributed by atoms with Gasteiger partial charge in [-0.25, -0.2) is 0 Å². The summed E-state index contributed by atoms with van der Waals surface area (Å²) >= 11 is 7.61. The standard InChI is InChI=1S/C13H15ClN2S/c1-3-16-13(11-4-5-12(14)17-11)10-6-9(2)7-15-8-10/h4-8,13,16H,3H2,1-2H3. The van der Waals surface area contributed by atoms with E-state index in [0.29, 0.717) is 0 Å². The van der Waals surface area contributed by atoms with Gasteiger partial charge in [0, 0.05) is 17.3 Å². The molecule has 0 spiro atoms. The number of aryl methyl sites for hydroxylation is 1. The molecule has 0 saturated carbocycles. The monoisotopic (exact) mass is 266 g/mol. The molecule has 0 aliphatic heterocycles. The van der Waals surface area contributed by atoms with Crippen molar-refractivity contribution in [1.82, 2.24) is 10.3 Å². The molecule has 0 aliphatic carbocycles. The lowest BCUT2D eigenvalue weighted by molar-refractivity contribution is 0.637. The molecule has 0 aliphatic rings. The number of nitrogens with zero attached hydrogens (tertiary/aromatic N) is 1. The number of thiophene rings is 1. The van der Waals surface area contributed by atoms with Crippen LogP contribution >= 0.6 is 22.9 Å². The minimum absolute atomic E-state index is 0.185. The van der Waals surface area contributed by atoms with Crippen LogP contribution < -0.4 is 5.32 Å². The van der Waals surface area contributed by atoms with Gasteiger partial charge in [0.1, 0.15) is 0 Å². The fourth-order valence-corrected chi connectivity index (χ4v) is 2.97. The molecule has 0 fully saturated rings. The summed E-state index contributed by atoms with van der Waals surface area (Å²) in [6.07, 6.45) is 3.78. The number of aromatic nitrogens is 1. The summed E-state index contributed by atoms with van der Waals surface area (Å²) < 4.78 is 0.823. The molecule has 4 heteroatoms. The zero-order chi connectivity index (χ0) is 12.3. The van der Waals surface area contributed by atoms with Crippen LogP contribution in [0.3, 0.4) is 0 Å². The molecule has 90 valence electrons. The minimum atomic E-state index is 0.185. The topological polar surface area (TPSA) is 24.9 Å². The van der Waals surface area contributed by atoms with Crippen LogP contribution in [0.2, 0.25) is 4.34 Å². The van der Waals surface area contributed by atoms with Gasteiger partial charge in [-0.3, -0.25) is 4.98 Å². The van der Waals surface area contributed by atoms with Crippen LogP contribution in [0.25, 0.3) is 0 Å². The maximum absolute atomic E-state index is 6.00. The Morgan fingerprint density at radius 1 is 1.41 bits per heavy atom. The third kappa shape index (κ3) is 3.06. The van der Waals surface area contributed by atoms with Gasteiger partial charge in [-0.05, 0) is 36.7 Å². The number of pyridine rings is 1. The first kappa shape index (κ1) is 12.6. The first-order chi connectivity index (χ1) is 8.20. The second-order valence-electron chi connectivity index (χ2n) is 3.93. The Balaban J connectivity index is 2.35. The predicted octanol–water partition coefficient (Wildman–Crippen LogP) is 3.80. The molecule has 1 N–H and O–H groups in total. The van der Waals surface area contributed by atoms with E-state index in [1.54, 1.807) is 11.3 Å². The number of hydrogen-bond acceptors (Lipinski definition) is 3. The van der Waals surface area contributed by atoms with E-state index in [0.717, 1.165) is 10.9 Å². The van der Waals surface area contributed by atoms with Gasteiger partial charge >= 0.3 is 0 Å². The Morgan fingerprint density at radius 2 is 2.24 bits per heavy atom. The highest BCUT2D eigenvalue weighted by Crippen LogP contribution is 2.30. The van der Waals surface area contributed by atoms with E-state index >= 15 is 0 Å². The summed E-state index contributed by atoms with van der Waals surface area (Å²) in [5, 5.41) is 3.47. The fraction of sp³-hybridized carbons (Fsp3) is 0.308. The Morgan fingerprint density at radius 3 is 2.82 bits per heavy atom. The summed E-state index contributed by atoms with van der Waals surface area (Å²) in [7, 11) is 0. The van der Waals surface area contributed by atoms with E-state index < -0.39 is 0 Å². The van der Waals surface area contributed by atoms with Gasteiger partial charge in [0.15, 0.2) is 0 Å². The molecule has 1 atom stereocenters. The summed E-state index contributed by atoms with van der Waals surface area (Å²) in [5.41, 5.74) is 2.36. The van der Waals surface area contributed by atoms with Crippen molar-refractivity contribution in [3.05, 3.63) is 50.9 Å². The molecule has 0 bridgehead atoms.